The zero-order chi connectivity index (χ0) is 16.5. The first kappa shape index (κ1) is 18.0. The Morgan fingerprint density at radius 2 is 0.762 bits per heavy atom. The molecule has 0 bridgehead atoms. The van der Waals surface area contributed by atoms with Crippen LogP contribution in [0.5, 0.6) is 0 Å². The quantitative estimate of drug-likeness (QED) is 0.225. The molecule has 0 aliphatic rings. The molecule has 0 rings (SSSR count). The lowest BCUT2D eigenvalue weighted by Crippen LogP contribution is -2.56. The van der Waals surface area contributed by atoms with Crippen LogP contribution in [0.25, 0.3) is 0 Å². The predicted octanol–water partition coefficient (Wildman–Crippen LogP) is -1.57. The topological polar surface area (TPSA) is 209 Å². The summed E-state index contributed by atoms with van der Waals surface area (Å²) in [5.41, 5.74) is 0. The van der Waals surface area contributed by atoms with Crippen LogP contribution < -0.4 is 0 Å². The fourth-order valence-electron chi connectivity index (χ4n) is 1.01. The summed E-state index contributed by atoms with van der Waals surface area (Å²) in [7, 11) is -3.70. The van der Waals surface area contributed by atoms with Crippen LogP contribution in [0.4, 0.5) is 0 Å². The molecule has 0 heterocycles. The minimum Gasteiger partial charge on any atom is -0.317 e. The van der Waals surface area contributed by atoms with Crippen molar-refractivity contribution >= 4 is 8.07 Å². The number of hydrogen-bond donors (Lipinski definition) is 0. The Hall–Kier alpha value is -2.98. The molecule has 21 heavy (non-hydrogen) atoms. The van der Waals surface area contributed by atoms with E-state index in [1.165, 1.54) is 0 Å². The van der Waals surface area contributed by atoms with E-state index in [1.807, 2.05) is 0 Å². The molecule has 120 valence electrons. The summed E-state index contributed by atoms with van der Waals surface area (Å²) in [4.78, 5) is 56.5. The maximum atomic E-state index is 10.1. The molecule has 0 fully saturated rings. The van der Waals surface area contributed by atoms with Gasteiger partial charge >= 0.3 is 0 Å². The highest BCUT2D eigenvalue weighted by atomic mass is 28.3. The minimum atomic E-state index is -3.70. The molecule has 0 atom stereocenters. The standard InChI is InChI=1S/C4H8N4O12Si/c9-5(10)17-1-21(2-18-6(11)12,3-19-7(13)14)4-20-8(15)16/h1-4H2. The van der Waals surface area contributed by atoms with Crippen molar-refractivity contribution in [1.82, 2.24) is 0 Å². The highest BCUT2D eigenvalue weighted by Gasteiger charge is 2.40. The normalized spacial score (nSPS) is 10.3. The van der Waals surface area contributed by atoms with Gasteiger partial charge in [-0.15, -0.1) is 40.5 Å². The molecule has 0 spiro atoms. The van der Waals surface area contributed by atoms with Gasteiger partial charge < -0.3 is 19.4 Å². The van der Waals surface area contributed by atoms with Gasteiger partial charge in [-0.3, -0.25) is 0 Å². The maximum absolute atomic E-state index is 10.1. The summed E-state index contributed by atoms with van der Waals surface area (Å²) in [6.07, 6.45) is -3.57. The number of nitrogens with zero attached hydrogens (tertiary/aromatic N) is 4. The molecule has 0 aromatic carbocycles. The third-order valence-corrected chi connectivity index (χ3v) is 4.87. The van der Waals surface area contributed by atoms with E-state index >= 15 is 0 Å². The highest BCUT2D eigenvalue weighted by molar-refractivity contribution is 6.79. The van der Waals surface area contributed by atoms with Crippen LogP contribution in [-0.4, -0.2) is 53.3 Å². The smallest absolute Gasteiger partial charge is 0.294 e. The minimum absolute atomic E-state index is 0.893. The van der Waals surface area contributed by atoms with E-state index in [-0.39, 0.29) is 0 Å². The van der Waals surface area contributed by atoms with Gasteiger partial charge in [-0.05, 0) is 0 Å². The Bertz CT molecular complexity index is 337. The van der Waals surface area contributed by atoms with E-state index in [2.05, 4.69) is 19.4 Å². The van der Waals surface area contributed by atoms with Crippen molar-refractivity contribution in [2.24, 2.45) is 0 Å². The Balaban J connectivity index is 5.02. The summed E-state index contributed by atoms with van der Waals surface area (Å²) in [6, 6.07) is 0. The van der Waals surface area contributed by atoms with E-state index in [0.29, 0.717) is 0 Å². The van der Waals surface area contributed by atoms with Crippen molar-refractivity contribution in [1.29, 1.82) is 0 Å². The van der Waals surface area contributed by atoms with Crippen LogP contribution in [0.2, 0.25) is 0 Å². The van der Waals surface area contributed by atoms with Crippen LogP contribution >= 0.6 is 0 Å². The van der Waals surface area contributed by atoms with Crippen molar-refractivity contribution in [2.45, 2.75) is 0 Å². The van der Waals surface area contributed by atoms with Gasteiger partial charge in [0, 0.05) is 0 Å². The molecule has 0 N–H and O–H groups in total. The van der Waals surface area contributed by atoms with Crippen molar-refractivity contribution in [2.75, 3.05) is 24.9 Å². The van der Waals surface area contributed by atoms with Gasteiger partial charge in [0.1, 0.15) is 0 Å². The van der Waals surface area contributed by atoms with Gasteiger partial charge in [0.05, 0.1) is 24.9 Å². The van der Waals surface area contributed by atoms with E-state index < -0.39 is 53.3 Å². The van der Waals surface area contributed by atoms with Gasteiger partial charge in [0.15, 0.2) is 8.07 Å². The van der Waals surface area contributed by atoms with Crippen molar-refractivity contribution in [3.63, 3.8) is 0 Å². The van der Waals surface area contributed by atoms with E-state index in [0.717, 1.165) is 0 Å². The lowest BCUT2D eigenvalue weighted by molar-refractivity contribution is -0.765. The summed E-state index contributed by atoms with van der Waals surface area (Å²) in [6.45, 7) is 0. The molecular formula is C4H8N4O12Si. The third kappa shape index (κ3) is 8.69. The average Bonchev–Trinajstić information content (AvgIpc) is 2.36. The molecule has 0 saturated carbocycles. The average molecular weight is 332 g/mol. The van der Waals surface area contributed by atoms with Crippen LogP contribution in [0, 0.1) is 40.5 Å². The lowest BCUT2D eigenvalue weighted by atomic mass is 11.5. The molecule has 0 aliphatic heterocycles. The van der Waals surface area contributed by atoms with Crippen molar-refractivity contribution < 1.29 is 39.7 Å². The Morgan fingerprint density at radius 1 is 0.571 bits per heavy atom. The molecule has 0 amide bonds. The van der Waals surface area contributed by atoms with E-state index in [9.17, 15) is 40.5 Å². The zero-order valence-electron chi connectivity index (χ0n) is 10.0. The van der Waals surface area contributed by atoms with Crippen LogP contribution in [-0.2, 0) is 19.4 Å². The first-order chi connectivity index (χ1) is 9.67. The van der Waals surface area contributed by atoms with Gasteiger partial charge in [-0.25, -0.2) is 0 Å². The SMILES string of the molecule is O=[N+]([O-])OC[Si](CO[N+](=O)[O-])(CO[N+](=O)[O-])CO[N+](=O)[O-]. The molecule has 0 aromatic rings. The lowest BCUT2D eigenvalue weighted by Gasteiger charge is -2.26. The summed E-state index contributed by atoms with van der Waals surface area (Å²) < 4.78 is 0. The summed E-state index contributed by atoms with van der Waals surface area (Å²) in [5, 5.41) is 35.5. The molecule has 0 saturated heterocycles. The second-order valence-corrected chi connectivity index (χ2v) is 7.64. The fourth-order valence-corrected chi connectivity index (χ4v) is 3.03. The van der Waals surface area contributed by atoms with Gasteiger partial charge in [-0.1, -0.05) is 0 Å². The van der Waals surface area contributed by atoms with E-state index in [1.54, 1.807) is 0 Å². The maximum Gasteiger partial charge on any atom is 0.294 e. The molecular weight excluding hydrogens is 324 g/mol. The molecule has 0 aliphatic carbocycles. The second-order valence-electron chi connectivity index (χ2n) is 3.49. The Morgan fingerprint density at radius 3 is 0.905 bits per heavy atom. The summed E-state index contributed by atoms with van der Waals surface area (Å²) >= 11 is 0. The summed E-state index contributed by atoms with van der Waals surface area (Å²) in [5.74, 6) is 0. The monoisotopic (exact) mass is 332 g/mol. The first-order valence-corrected chi connectivity index (χ1v) is 7.59. The first-order valence-electron chi connectivity index (χ1n) is 4.76. The van der Waals surface area contributed by atoms with Crippen molar-refractivity contribution in [3.05, 3.63) is 40.5 Å². The van der Waals surface area contributed by atoms with Gasteiger partial charge in [-0.2, -0.15) is 0 Å². The molecule has 17 heteroatoms. The molecule has 0 radical (unpaired) electrons. The zero-order valence-corrected chi connectivity index (χ0v) is 11.0. The van der Waals surface area contributed by atoms with Crippen LogP contribution in [0.1, 0.15) is 0 Å². The fraction of sp³-hybridized carbons (Fsp3) is 1.00. The van der Waals surface area contributed by atoms with Crippen LogP contribution in [0.3, 0.4) is 0 Å². The Kier molecular flexibility index (Phi) is 7.07. The molecule has 16 nitrogen and oxygen atoms in total. The molecule has 0 unspecified atom stereocenters. The Labute approximate surface area is 114 Å². The third-order valence-electron chi connectivity index (χ3n) is 1.90. The molecule has 0 aromatic heterocycles. The van der Waals surface area contributed by atoms with Gasteiger partial charge in [0.2, 0.25) is 0 Å². The second kappa shape index (κ2) is 8.24. The van der Waals surface area contributed by atoms with E-state index in [4.69, 9.17) is 0 Å². The predicted molar refractivity (Wildman–Crippen MR) is 57.5 cm³/mol. The number of hydrogen-bond acceptors (Lipinski definition) is 12. The highest BCUT2D eigenvalue weighted by Crippen LogP contribution is 2.08. The van der Waals surface area contributed by atoms with Gasteiger partial charge in [0.25, 0.3) is 20.3 Å². The largest absolute Gasteiger partial charge is 0.317 e. The number of rotatable bonds is 12. The van der Waals surface area contributed by atoms with Crippen LogP contribution in [0.15, 0.2) is 0 Å². The van der Waals surface area contributed by atoms with Crippen molar-refractivity contribution in [3.8, 4) is 0 Å².